The first-order valence-electron chi connectivity index (χ1n) is 6.50. The van der Waals surface area contributed by atoms with Crippen LogP contribution in [0.1, 0.15) is 11.1 Å². The van der Waals surface area contributed by atoms with Crippen molar-refractivity contribution in [1.82, 2.24) is 5.32 Å². The highest BCUT2D eigenvalue weighted by molar-refractivity contribution is 5.43. The van der Waals surface area contributed by atoms with Crippen LogP contribution in [-0.2, 0) is 13.0 Å². The number of rotatable bonds is 6. The van der Waals surface area contributed by atoms with Gasteiger partial charge in [-0.2, -0.15) is 0 Å². The SMILES string of the molecule is CNc1ccc(CNCCc2ccccc2F)cc1. The summed E-state index contributed by atoms with van der Waals surface area (Å²) in [7, 11) is 1.90. The summed E-state index contributed by atoms with van der Waals surface area (Å²) in [5.41, 5.74) is 3.10. The number of halogens is 1. The summed E-state index contributed by atoms with van der Waals surface area (Å²) in [6.07, 6.45) is 0.710. The fraction of sp³-hybridized carbons (Fsp3) is 0.250. The number of hydrogen-bond acceptors (Lipinski definition) is 2. The lowest BCUT2D eigenvalue weighted by Gasteiger charge is -2.07. The predicted octanol–water partition coefficient (Wildman–Crippen LogP) is 3.20. The highest BCUT2D eigenvalue weighted by Crippen LogP contribution is 2.09. The second-order valence-corrected chi connectivity index (χ2v) is 4.47. The molecule has 100 valence electrons. The van der Waals surface area contributed by atoms with E-state index in [-0.39, 0.29) is 5.82 Å². The standard InChI is InChI=1S/C16H19FN2/c1-18-15-8-6-13(7-9-15)12-19-11-10-14-4-2-3-5-16(14)17/h2-9,18-19H,10-12H2,1H3. The van der Waals surface area contributed by atoms with Gasteiger partial charge in [0.1, 0.15) is 5.82 Å². The van der Waals surface area contributed by atoms with Gasteiger partial charge in [0, 0.05) is 19.3 Å². The van der Waals surface area contributed by atoms with E-state index in [9.17, 15) is 4.39 Å². The average molecular weight is 258 g/mol. The third-order valence-electron chi connectivity index (χ3n) is 3.10. The maximum Gasteiger partial charge on any atom is 0.126 e. The van der Waals surface area contributed by atoms with Crippen LogP contribution >= 0.6 is 0 Å². The summed E-state index contributed by atoms with van der Waals surface area (Å²) in [6, 6.07) is 15.2. The van der Waals surface area contributed by atoms with Gasteiger partial charge in [0.25, 0.3) is 0 Å². The van der Waals surface area contributed by atoms with E-state index in [0.717, 1.165) is 24.3 Å². The molecule has 0 aromatic heterocycles. The molecule has 0 unspecified atom stereocenters. The van der Waals surface area contributed by atoms with Crippen molar-refractivity contribution in [2.75, 3.05) is 18.9 Å². The summed E-state index contributed by atoms with van der Waals surface area (Å²) >= 11 is 0. The first-order chi connectivity index (χ1) is 9.29. The summed E-state index contributed by atoms with van der Waals surface area (Å²) in [5.74, 6) is -0.123. The van der Waals surface area contributed by atoms with E-state index in [1.807, 2.05) is 31.3 Å². The van der Waals surface area contributed by atoms with Gasteiger partial charge in [-0.1, -0.05) is 30.3 Å². The summed E-state index contributed by atoms with van der Waals surface area (Å²) in [6.45, 7) is 1.58. The van der Waals surface area contributed by atoms with Gasteiger partial charge in [-0.25, -0.2) is 4.39 Å². The predicted molar refractivity (Wildman–Crippen MR) is 77.8 cm³/mol. The molecule has 0 amide bonds. The molecule has 2 rings (SSSR count). The first-order valence-corrected chi connectivity index (χ1v) is 6.50. The van der Waals surface area contributed by atoms with Gasteiger partial charge in [0.15, 0.2) is 0 Å². The topological polar surface area (TPSA) is 24.1 Å². The van der Waals surface area contributed by atoms with Crippen LogP contribution < -0.4 is 10.6 Å². The number of benzene rings is 2. The van der Waals surface area contributed by atoms with Crippen molar-refractivity contribution < 1.29 is 4.39 Å². The van der Waals surface area contributed by atoms with Crippen LogP contribution in [-0.4, -0.2) is 13.6 Å². The van der Waals surface area contributed by atoms with Crippen molar-refractivity contribution in [3.05, 3.63) is 65.5 Å². The van der Waals surface area contributed by atoms with Crippen molar-refractivity contribution in [3.63, 3.8) is 0 Å². The number of hydrogen-bond donors (Lipinski definition) is 2. The minimum atomic E-state index is -0.123. The van der Waals surface area contributed by atoms with E-state index in [0.29, 0.717) is 6.42 Å². The van der Waals surface area contributed by atoms with Crippen LogP contribution in [0.4, 0.5) is 10.1 Å². The van der Waals surface area contributed by atoms with Crippen LogP contribution in [0.5, 0.6) is 0 Å². The molecule has 0 aliphatic rings. The summed E-state index contributed by atoms with van der Waals surface area (Å²) in [4.78, 5) is 0. The smallest absolute Gasteiger partial charge is 0.126 e. The molecule has 0 fully saturated rings. The Kier molecular flexibility index (Phi) is 4.93. The molecule has 0 atom stereocenters. The van der Waals surface area contributed by atoms with Gasteiger partial charge in [-0.3, -0.25) is 0 Å². The van der Waals surface area contributed by atoms with Crippen LogP contribution in [0.2, 0.25) is 0 Å². The lowest BCUT2D eigenvalue weighted by molar-refractivity contribution is 0.598. The van der Waals surface area contributed by atoms with Crippen molar-refractivity contribution in [1.29, 1.82) is 0 Å². The van der Waals surface area contributed by atoms with E-state index in [1.165, 1.54) is 11.6 Å². The minimum Gasteiger partial charge on any atom is -0.388 e. The molecule has 2 aromatic carbocycles. The van der Waals surface area contributed by atoms with Crippen molar-refractivity contribution in [3.8, 4) is 0 Å². The molecule has 0 saturated carbocycles. The zero-order valence-corrected chi connectivity index (χ0v) is 11.1. The summed E-state index contributed by atoms with van der Waals surface area (Å²) < 4.78 is 13.4. The molecule has 0 aliphatic heterocycles. The van der Waals surface area contributed by atoms with Crippen molar-refractivity contribution >= 4 is 5.69 Å². The lowest BCUT2D eigenvalue weighted by atomic mass is 10.1. The molecule has 0 saturated heterocycles. The van der Waals surface area contributed by atoms with E-state index < -0.39 is 0 Å². The van der Waals surface area contributed by atoms with Crippen LogP contribution in [0.15, 0.2) is 48.5 Å². The average Bonchev–Trinajstić information content (AvgIpc) is 2.46. The highest BCUT2D eigenvalue weighted by atomic mass is 19.1. The van der Waals surface area contributed by atoms with Gasteiger partial charge in [-0.15, -0.1) is 0 Å². The van der Waals surface area contributed by atoms with Gasteiger partial charge in [0.05, 0.1) is 0 Å². The second kappa shape index (κ2) is 6.90. The Morgan fingerprint density at radius 1 is 1.00 bits per heavy atom. The molecular weight excluding hydrogens is 239 g/mol. The minimum absolute atomic E-state index is 0.123. The Bertz CT molecular complexity index is 508. The van der Waals surface area contributed by atoms with Crippen LogP contribution in [0.25, 0.3) is 0 Å². The molecule has 0 bridgehead atoms. The van der Waals surface area contributed by atoms with Gasteiger partial charge in [0.2, 0.25) is 0 Å². The van der Waals surface area contributed by atoms with Gasteiger partial charge >= 0.3 is 0 Å². The van der Waals surface area contributed by atoms with Gasteiger partial charge in [-0.05, 0) is 42.3 Å². The third-order valence-corrected chi connectivity index (χ3v) is 3.10. The zero-order chi connectivity index (χ0) is 13.5. The quantitative estimate of drug-likeness (QED) is 0.777. The Hall–Kier alpha value is -1.87. The maximum absolute atomic E-state index is 13.4. The van der Waals surface area contributed by atoms with Crippen LogP contribution in [0, 0.1) is 5.82 Å². The Morgan fingerprint density at radius 3 is 2.42 bits per heavy atom. The third kappa shape index (κ3) is 4.07. The summed E-state index contributed by atoms with van der Waals surface area (Å²) in [5, 5.41) is 6.41. The molecular formula is C16H19FN2. The zero-order valence-electron chi connectivity index (χ0n) is 11.1. The number of anilines is 1. The molecule has 0 heterocycles. The molecule has 19 heavy (non-hydrogen) atoms. The molecule has 0 spiro atoms. The van der Waals surface area contributed by atoms with Crippen molar-refractivity contribution in [2.45, 2.75) is 13.0 Å². The molecule has 2 aromatic rings. The normalized spacial score (nSPS) is 10.4. The van der Waals surface area contributed by atoms with E-state index >= 15 is 0 Å². The Labute approximate surface area is 113 Å². The largest absolute Gasteiger partial charge is 0.388 e. The Morgan fingerprint density at radius 2 is 1.74 bits per heavy atom. The molecule has 2 N–H and O–H groups in total. The molecule has 3 heteroatoms. The fourth-order valence-corrected chi connectivity index (χ4v) is 1.95. The maximum atomic E-state index is 13.4. The van der Waals surface area contributed by atoms with E-state index in [1.54, 1.807) is 6.07 Å². The first kappa shape index (κ1) is 13.6. The lowest BCUT2D eigenvalue weighted by Crippen LogP contribution is -2.17. The molecule has 2 nitrogen and oxygen atoms in total. The monoisotopic (exact) mass is 258 g/mol. The molecule has 0 radical (unpaired) electrons. The Balaban J connectivity index is 1.76. The molecule has 0 aliphatic carbocycles. The van der Waals surface area contributed by atoms with Gasteiger partial charge < -0.3 is 10.6 Å². The number of nitrogens with one attached hydrogen (secondary N) is 2. The fourth-order valence-electron chi connectivity index (χ4n) is 1.95. The van der Waals surface area contributed by atoms with Crippen molar-refractivity contribution in [2.24, 2.45) is 0 Å². The highest BCUT2D eigenvalue weighted by Gasteiger charge is 1.99. The van der Waals surface area contributed by atoms with E-state index in [4.69, 9.17) is 0 Å². The van der Waals surface area contributed by atoms with E-state index in [2.05, 4.69) is 22.8 Å². The second-order valence-electron chi connectivity index (χ2n) is 4.47. The van der Waals surface area contributed by atoms with Crippen LogP contribution in [0.3, 0.4) is 0 Å².